The summed E-state index contributed by atoms with van der Waals surface area (Å²) in [5.41, 5.74) is 1.35. The van der Waals surface area contributed by atoms with Crippen LogP contribution in [0.15, 0.2) is 41.8 Å². The predicted octanol–water partition coefficient (Wildman–Crippen LogP) is 4.03. The molecule has 1 rings (SSSR count). The smallest absolute Gasteiger partial charge is 0.0289 e. The molecular weight excluding hydrogens is 214 g/mol. The molecule has 0 aliphatic heterocycles. The fraction of sp³-hybridized carbons (Fsp3) is 0.429. The van der Waals surface area contributed by atoms with Gasteiger partial charge in [-0.25, -0.2) is 0 Å². The van der Waals surface area contributed by atoms with E-state index in [0.717, 1.165) is 6.42 Å². The van der Waals surface area contributed by atoms with Gasteiger partial charge in [0.2, 0.25) is 0 Å². The van der Waals surface area contributed by atoms with Crippen LogP contribution < -0.4 is 5.32 Å². The zero-order valence-corrected chi connectivity index (χ0v) is 11.0. The highest BCUT2D eigenvalue weighted by molar-refractivity contribution is 7.99. The van der Waals surface area contributed by atoms with Crippen molar-refractivity contribution >= 4 is 11.8 Å². The summed E-state index contributed by atoms with van der Waals surface area (Å²) in [5, 5.41) is 3.24. The number of allylic oxidation sites excluding steroid dienone is 1. The predicted molar refractivity (Wildman–Crippen MR) is 74.1 cm³/mol. The molecule has 0 radical (unpaired) electrons. The monoisotopic (exact) mass is 235 g/mol. The maximum Gasteiger partial charge on any atom is 0.0289 e. The fourth-order valence-corrected chi connectivity index (χ4v) is 2.31. The number of hydrogen-bond donors (Lipinski definition) is 1. The molecule has 1 atom stereocenters. The highest BCUT2D eigenvalue weighted by Gasteiger charge is 2.01. The Hall–Kier alpha value is -0.730. The van der Waals surface area contributed by atoms with Crippen molar-refractivity contribution in [3.8, 4) is 0 Å². The normalized spacial score (nSPS) is 12.4. The van der Waals surface area contributed by atoms with E-state index in [-0.39, 0.29) is 0 Å². The van der Waals surface area contributed by atoms with Gasteiger partial charge in [-0.1, -0.05) is 18.2 Å². The lowest BCUT2D eigenvalue weighted by Crippen LogP contribution is -2.11. The molecule has 0 amide bonds. The maximum absolute atomic E-state index is 3.73. The minimum Gasteiger partial charge on any atom is -0.313 e. The van der Waals surface area contributed by atoms with Crippen molar-refractivity contribution in [1.29, 1.82) is 0 Å². The van der Waals surface area contributed by atoms with E-state index in [4.69, 9.17) is 0 Å². The zero-order valence-electron chi connectivity index (χ0n) is 10.2. The highest BCUT2D eigenvalue weighted by atomic mass is 32.2. The van der Waals surface area contributed by atoms with Crippen LogP contribution in [0.4, 0.5) is 0 Å². The third-order valence-corrected chi connectivity index (χ3v) is 3.73. The summed E-state index contributed by atoms with van der Waals surface area (Å²) in [6.07, 6.45) is 4.31. The lowest BCUT2D eigenvalue weighted by Gasteiger charge is -2.10. The number of unbranched alkanes of at least 4 members (excludes halogenated alkanes) is 1. The molecule has 0 bridgehead atoms. The largest absolute Gasteiger partial charge is 0.313 e. The average molecular weight is 235 g/mol. The van der Waals surface area contributed by atoms with E-state index < -0.39 is 0 Å². The summed E-state index contributed by atoms with van der Waals surface area (Å²) in [5.74, 6) is 1.17. The summed E-state index contributed by atoms with van der Waals surface area (Å²) in [7, 11) is 1.99. The number of thioether (sulfide) groups is 1. The van der Waals surface area contributed by atoms with Gasteiger partial charge in [-0.2, -0.15) is 0 Å². The molecule has 0 fully saturated rings. The van der Waals surface area contributed by atoms with E-state index in [1.807, 2.05) is 24.9 Å². The SMILES string of the molecule is C=CCCCSc1ccc(C(C)NC)cc1. The fourth-order valence-electron chi connectivity index (χ4n) is 1.44. The minimum atomic E-state index is 0.430. The molecule has 0 spiro atoms. The van der Waals surface area contributed by atoms with Crippen LogP contribution in [0.3, 0.4) is 0 Å². The van der Waals surface area contributed by atoms with Crippen LogP contribution in [0.1, 0.15) is 31.4 Å². The third kappa shape index (κ3) is 4.42. The first-order valence-corrected chi connectivity index (χ1v) is 6.77. The van der Waals surface area contributed by atoms with Crippen molar-refractivity contribution in [1.82, 2.24) is 5.32 Å². The third-order valence-electron chi connectivity index (χ3n) is 2.63. The molecule has 1 nitrogen and oxygen atoms in total. The van der Waals surface area contributed by atoms with Crippen molar-refractivity contribution in [2.45, 2.75) is 30.7 Å². The van der Waals surface area contributed by atoms with Gasteiger partial charge in [0.1, 0.15) is 0 Å². The molecule has 2 heteroatoms. The van der Waals surface area contributed by atoms with Crippen LogP contribution in [0.5, 0.6) is 0 Å². The van der Waals surface area contributed by atoms with Gasteiger partial charge in [-0.05, 0) is 50.3 Å². The van der Waals surface area contributed by atoms with Gasteiger partial charge in [0.05, 0.1) is 0 Å². The van der Waals surface area contributed by atoms with Crippen LogP contribution in [-0.2, 0) is 0 Å². The first-order valence-electron chi connectivity index (χ1n) is 5.79. The van der Waals surface area contributed by atoms with Gasteiger partial charge in [-0.15, -0.1) is 18.3 Å². The van der Waals surface area contributed by atoms with Gasteiger partial charge in [-0.3, -0.25) is 0 Å². The number of benzene rings is 1. The molecule has 1 aromatic carbocycles. The van der Waals surface area contributed by atoms with E-state index in [0.29, 0.717) is 6.04 Å². The molecule has 1 aromatic rings. The Morgan fingerprint density at radius 3 is 2.62 bits per heavy atom. The molecule has 88 valence electrons. The van der Waals surface area contributed by atoms with Crippen molar-refractivity contribution in [2.24, 2.45) is 0 Å². The first kappa shape index (κ1) is 13.3. The number of rotatable bonds is 7. The van der Waals surface area contributed by atoms with Gasteiger partial charge in [0.25, 0.3) is 0 Å². The van der Waals surface area contributed by atoms with Crippen molar-refractivity contribution in [3.63, 3.8) is 0 Å². The summed E-state index contributed by atoms with van der Waals surface area (Å²) in [6, 6.07) is 9.26. The molecule has 0 saturated heterocycles. The quantitative estimate of drug-likeness (QED) is 0.435. The van der Waals surface area contributed by atoms with Crippen LogP contribution in [0.2, 0.25) is 0 Å². The second-order valence-electron chi connectivity index (χ2n) is 3.86. The summed E-state index contributed by atoms with van der Waals surface area (Å²) < 4.78 is 0. The van der Waals surface area contributed by atoms with Crippen LogP contribution in [0.25, 0.3) is 0 Å². The van der Waals surface area contributed by atoms with Gasteiger partial charge >= 0.3 is 0 Å². The summed E-state index contributed by atoms with van der Waals surface area (Å²) in [4.78, 5) is 1.36. The van der Waals surface area contributed by atoms with Crippen LogP contribution in [-0.4, -0.2) is 12.8 Å². The second kappa shape index (κ2) is 7.53. The Morgan fingerprint density at radius 2 is 2.06 bits per heavy atom. The lowest BCUT2D eigenvalue weighted by molar-refractivity contribution is 0.652. The highest BCUT2D eigenvalue weighted by Crippen LogP contribution is 2.21. The molecule has 16 heavy (non-hydrogen) atoms. The molecule has 0 aliphatic rings. The molecule has 1 unspecified atom stereocenters. The molecule has 0 aliphatic carbocycles. The Bertz CT molecular complexity index is 305. The second-order valence-corrected chi connectivity index (χ2v) is 5.03. The maximum atomic E-state index is 3.73. The van der Waals surface area contributed by atoms with Crippen molar-refractivity contribution in [3.05, 3.63) is 42.5 Å². The molecule has 0 aromatic heterocycles. The molecule has 0 saturated carbocycles. The summed E-state index contributed by atoms with van der Waals surface area (Å²) >= 11 is 1.92. The van der Waals surface area contributed by atoms with Crippen LogP contribution >= 0.6 is 11.8 Å². The average Bonchev–Trinajstić information content (AvgIpc) is 2.34. The standard InChI is InChI=1S/C14H21NS/c1-4-5-6-11-16-14-9-7-13(8-10-14)12(2)15-3/h4,7-10,12,15H,1,5-6,11H2,2-3H3. The van der Waals surface area contributed by atoms with Crippen LogP contribution in [0, 0.1) is 0 Å². The van der Waals surface area contributed by atoms with E-state index >= 15 is 0 Å². The first-order chi connectivity index (χ1) is 7.77. The number of nitrogens with one attached hydrogen (secondary N) is 1. The lowest BCUT2D eigenvalue weighted by atomic mass is 10.1. The molecule has 1 N–H and O–H groups in total. The minimum absolute atomic E-state index is 0.430. The Balaban J connectivity index is 2.42. The molecular formula is C14H21NS. The van der Waals surface area contributed by atoms with Gasteiger partial charge in [0, 0.05) is 10.9 Å². The van der Waals surface area contributed by atoms with Crippen molar-refractivity contribution < 1.29 is 0 Å². The Labute approximate surface area is 103 Å². The van der Waals surface area contributed by atoms with E-state index in [1.165, 1.54) is 22.6 Å². The summed E-state index contributed by atoms with van der Waals surface area (Å²) in [6.45, 7) is 5.90. The zero-order chi connectivity index (χ0) is 11.8. The van der Waals surface area contributed by atoms with Gasteiger partial charge < -0.3 is 5.32 Å². The van der Waals surface area contributed by atoms with Gasteiger partial charge in [0.15, 0.2) is 0 Å². The van der Waals surface area contributed by atoms with Crippen molar-refractivity contribution in [2.75, 3.05) is 12.8 Å². The number of hydrogen-bond acceptors (Lipinski definition) is 2. The van der Waals surface area contributed by atoms with E-state index in [9.17, 15) is 0 Å². The topological polar surface area (TPSA) is 12.0 Å². The Morgan fingerprint density at radius 1 is 1.38 bits per heavy atom. The Kier molecular flexibility index (Phi) is 6.27. The van der Waals surface area contributed by atoms with E-state index in [2.05, 4.69) is 43.1 Å². The van der Waals surface area contributed by atoms with E-state index in [1.54, 1.807) is 0 Å². The molecule has 0 heterocycles.